The molecule has 72 heavy (non-hydrogen) atoms. The summed E-state index contributed by atoms with van der Waals surface area (Å²) in [7, 11) is 0. The molecule has 1 aromatic carbocycles. The Labute approximate surface area is 434 Å². The zero-order valence-corrected chi connectivity index (χ0v) is 43.3. The molecule has 0 amide bonds. The van der Waals surface area contributed by atoms with E-state index in [0.29, 0.717) is 47.7 Å². The molecule has 1 aromatic heterocycles. The van der Waals surface area contributed by atoms with Crippen molar-refractivity contribution in [2.75, 3.05) is 0 Å². The number of nitrogens with one attached hydrogen (secondary N) is 3. The highest BCUT2D eigenvalue weighted by molar-refractivity contribution is 8.06. The lowest BCUT2D eigenvalue weighted by atomic mass is 9.75. The number of aromatic nitrogens is 1. The first-order valence-electron chi connectivity index (χ1n) is 29.1. The van der Waals surface area contributed by atoms with Gasteiger partial charge >= 0.3 is 0 Å². The van der Waals surface area contributed by atoms with Gasteiger partial charge in [0, 0.05) is 73.5 Å². The molecule has 14 rings (SSSR count). The van der Waals surface area contributed by atoms with E-state index >= 15 is 0 Å². The van der Waals surface area contributed by atoms with E-state index in [9.17, 15) is 5.26 Å². The number of benzene rings is 1. The Hall–Kier alpha value is -4.36. The molecule has 0 bridgehead atoms. The van der Waals surface area contributed by atoms with Crippen LogP contribution in [0.5, 0.6) is 0 Å². The summed E-state index contributed by atoms with van der Waals surface area (Å²) >= 11 is 2.06. The standard InChI is InChI=1S/C64H77N7S/c65-40-45-38-50(64-67-62(42-21-6-2-7-22-42)66-63(68-64)44-24-18-23-43(37-44)41-19-4-1-5-20-41)57(71-53-31-14-16-33-58(53)72-59-34-17-15-32-54(59)71)39-56(45)70-52-30-13-11-28-49(52)60-55(70)36-35-48-47-27-10-12-29-51(47)69(61(48)60)46-25-8-3-9-26-46/h3,8,10-11,13-15,18-19,23,27-28,30-32,35-36,39,42-48,50-51,56,61-64,66-68H,1-2,4-7,9,12,16-17,20-22,24-26,29,33-34,37-38H2. The van der Waals surface area contributed by atoms with Crippen molar-refractivity contribution < 1.29 is 0 Å². The maximum atomic E-state index is 11.8. The molecule has 7 nitrogen and oxygen atoms in total. The van der Waals surface area contributed by atoms with Gasteiger partial charge in [0.15, 0.2) is 0 Å². The van der Waals surface area contributed by atoms with E-state index in [4.69, 9.17) is 0 Å². The molecule has 2 saturated heterocycles. The molecular weight excluding hydrogens is 899 g/mol. The average Bonchev–Trinajstić information content (AvgIpc) is 3.98. The molecule has 0 spiro atoms. The van der Waals surface area contributed by atoms with Crippen molar-refractivity contribution in [2.24, 2.45) is 41.4 Å². The minimum absolute atomic E-state index is 0.0104. The van der Waals surface area contributed by atoms with Crippen LogP contribution in [-0.4, -0.2) is 44.9 Å². The number of thioether (sulfide) groups is 1. The quantitative estimate of drug-likeness (QED) is 0.239. The molecule has 3 aliphatic heterocycles. The molecule has 3 N–H and O–H groups in total. The molecule has 4 heterocycles. The monoisotopic (exact) mass is 976 g/mol. The zero-order chi connectivity index (χ0) is 47.7. The van der Waals surface area contributed by atoms with Crippen molar-refractivity contribution in [3.8, 4) is 6.07 Å². The number of hydrogen-bond acceptors (Lipinski definition) is 7. The Morgan fingerprint density at radius 3 is 2.25 bits per heavy atom. The lowest BCUT2D eigenvalue weighted by molar-refractivity contribution is 0.0688. The van der Waals surface area contributed by atoms with Crippen LogP contribution < -0.4 is 16.0 Å². The predicted octanol–water partition coefficient (Wildman–Crippen LogP) is 14.3. The molecule has 8 heteroatoms. The van der Waals surface area contributed by atoms with E-state index in [1.807, 2.05) is 0 Å². The summed E-state index contributed by atoms with van der Waals surface area (Å²) in [5.74, 6) is 2.49. The Balaban J connectivity index is 0.912. The van der Waals surface area contributed by atoms with Crippen molar-refractivity contribution >= 4 is 28.7 Å². The Morgan fingerprint density at radius 1 is 0.653 bits per heavy atom. The van der Waals surface area contributed by atoms with Crippen LogP contribution in [0.4, 0.5) is 0 Å². The molecule has 3 fully saturated rings. The van der Waals surface area contributed by atoms with Crippen molar-refractivity contribution in [3.05, 3.63) is 147 Å². The summed E-state index contributed by atoms with van der Waals surface area (Å²) in [6.07, 6.45) is 60.7. The third kappa shape index (κ3) is 8.04. The van der Waals surface area contributed by atoms with Gasteiger partial charge < -0.3 is 9.47 Å². The number of likely N-dealkylation sites (tertiary alicyclic amines) is 1. The topological polar surface area (TPSA) is 71.3 Å². The van der Waals surface area contributed by atoms with Crippen LogP contribution in [0.2, 0.25) is 0 Å². The van der Waals surface area contributed by atoms with Crippen molar-refractivity contribution in [3.63, 3.8) is 0 Å². The van der Waals surface area contributed by atoms with Gasteiger partial charge in [0.2, 0.25) is 0 Å². The number of fused-ring (bicyclic) bond motifs is 7. The van der Waals surface area contributed by atoms with Gasteiger partial charge in [-0.3, -0.25) is 20.9 Å². The molecule has 9 aliphatic carbocycles. The maximum Gasteiger partial charge on any atom is 0.0715 e. The average molecular weight is 976 g/mol. The second-order valence-electron chi connectivity index (χ2n) is 23.8. The van der Waals surface area contributed by atoms with Crippen LogP contribution in [0.3, 0.4) is 0 Å². The van der Waals surface area contributed by atoms with Gasteiger partial charge in [0.1, 0.15) is 0 Å². The first-order chi connectivity index (χ1) is 35.7. The Kier molecular flexibility index (Phi) is 12.7. The minimum atomic E-state index is -0.214. The van der Waals surface area contributed by atoms with Crippen LogP contribution in [0.15, 0.2) is 136 Å². The van der Waals surface area contributed by atoms with E-state index in [1.54, 1.807) is 5.57 Å². The number of hydrogen-bond donors (Lipinski definition) is 3. The van der Waals surface area contributed by atoms with E-state index in [-0.39, 0.29) is 36.4 Å². The van der Waals surface area contributed by atoms with E-state index in [2.05, 4.69) is 157 Å². The molecule has 374 valence electrons. The molecule has 1 saturated carbocycles. The number of allylic oxidation sites excluding steroid dienone is 13. The molecule has 13 unspecified atom stereocenters. The highest BCUT2D eigenvalue weighted by Gasteiger charge is 2.53. The van der Waals surface area contributed by atoms with E-state index in [1.165, 1.54) is 139 Å². The van der Waals surface area contributed by atoms with Gasteiger partial charge in [-0.2, -0.15) is 5.26 Å². The number of nitriles is 1. The largest absolute Gasteiger partial charge is 0.332 e. The Morgan fingerprint density at radius 2 is 1.46 bits per heavy atom. The van der Waals surface area contributed by atoms with Crippen molar-refractivity contribution in [2.45, 2.75) is 178 Å². The van der Waals surface area contributed by atoms with E-state index in [0.717, 1.165) is 44.9 Å². The lowest BCUT2D eigenvalue weighted by Crippen LogP contribution is -2.73. The number of nitrogens with zero attached hydrogens (tertiary/aromatic N) is 4. The van der Waals surface area contributed by atoms with Crippen molar-refractivity contribution in [1.29, 1.82) is 5.26 Å². The second kappa shape index (κ2) is 19.7. The van der Waals surface area contributed by atoms with Crippen LogP contribution in [0, 0.1) is 52.8 Å². The van der Waals surface area contributed by atoms with Crippen molar-refractivity contribution in [1.82, 2.24) is 30.3 Å². The third-order valence-corrected chi connectivity index (χ3v) is 21.2. The molecule has 13 atom stereocenters. The minimum Gasteiger partial charge on any atom is -0.332 e. The second-order valence-corrected chi connectivity index (χ2v) is 25.0. The van der Waals surface area contributed by atoms with Crippen LogP contribution >= 0.6 is 11.8 Å². The molecule has 12 aliphatic rings. The fourth-order valence-corrected chi connectivity index (χ4v) is 17.8. The molecule has 2 aromatic rings. The van der Waals surface area contributed by atoms with Crippen LogP contribution in [-0.2, 0) is 0 Å². The Bertz CT molecular complexity index is 2760. The normalized spacial score (nSPS) is 37.7. The zero-order valence-electron chi connectivity index (χ0n) is 42.5. The van der Waals surface area contributed by atoms with Gasteiger partial charge in [-0.25, -0.2) is 0 Å². The predicted molar refractivity (Wildman–Crippen MR) is 295 cm³/mol. The summed E-state index contributed by atoms with van der Waals surface area (Å²) in [4.78, 5) is 8.79. The van der Waals surface area contributed by atoms with Crippen LogP contribution in [0.1, 0.15) is 158 Å². The fraction of sp³-hybridized carbons (Fsp3) is 0.547. The number of rotatable bonds is 7. The summed E-state index contributed by atoms with van der Waals surface area (Å²) < 4.78 is 2.68. The highest BCUT2D eigenvalue weighted by Crippen LogP contribution is 2.58. The molecular formula is C64H77N7S. The van der Waals surface area contributed by atoms with Gasteiger partial charge in [-0.05, 0) is 164 Å². The SMILES string of the molecule is N#CC1CC(C2NC(C3CCCCC3)NC(C3CC=CC(C4=CCCCC4)C3)N2)C(N2C3=C(CCC=C3)SC3=C2C=CCC3)=CC1n1c2c(c3ccccc31)C1C(C=C2)C2C=CCCC2N1C1CC=CCC1. The van der Waals surface area contributed by atoms with Crippen LogP contribution in [0.25, 0.3) is 17.0 Å². The summed E-state index contributed by atoms with van der Waals surface area (Å²) in [6, 6.07) is 13.7. The maximum absolute atomic E-state index is 11.8. The third-order valence-electron chi connectivity index (χ3n) is 19.9. The van der Waals surface area contributed by atoms with Gasteiger partial charge in [-0.1, -0.05) is 116 Å². The van der Waals surface area contributed by atoms with Gasteiger partial charge in [-0.15, -0.1) is 0 Å². The van der Waals surface area contributed by atoms with Gasteiger partial charge in [0.25, 0.3) is 0 Å². The smallest absolute Gasteiger partial charge is 0.0715 e. The lowest BCUT2D eigenvalue weighted by Gasteiger charge is -2.51. The summed E-state index contributed by atoms with van der Waals surface area (Å²) in [5.41, 5.74) is 9.92. The van der Waals surface area contributed by atoms with Gasteiger partial charge in [0.05, 0.1) is 47.9 Å². The highest BCUT2D eigenvalue weighted by atomic mass is 32.2. The summed E-state index contributed by atoms with van der Waals surface area (Å²) in [6.45, 7) is 0. The summed E-state index contributed by atoms with van der Waals surface area (Å²) in [5, 5.41) is 26.3. The van der Waals surface area contributed by atoms with E-state index < -0.39 is 0 Å². The number of para-hydroxylation sites is 1. The first-order valence-corrected chi connectivity index (χ1v) is 29.9. The fourth-order valence-electron chi connectivity index (χ4n) is 16.6. The first kappa shape index (κ1) is 46.2. The molecule has 0 radical (unpaired) electrons.